The maximum atomic E-state index is 12.3. The van der Waals surface area contributed by atoms with Crippen LogP contribution in [-0.2, 0) is 22.0 Å². The first-order chi connectivity index (χ1) is 11.1. The fourth-order valence-electron chi connectivity index (χ4n) is 1.80. The predicted molar refractivity (Wildman–Crippen MR) is 86.9 cm³/mol. The highest BCUT2D eigenvalue weighted by Gasteiger charge is 2.22. The van der Waals surface area contributed by atoms with Crippen molar-refractivity contribution in [2.45, 2.75) is 37.6 Å². The summed E-state index contributed by atoms with van der Waals surface area (Å²) < 4.78 is 32.0. The molecule has 0 spiro atoms. The summed E-state index contributed by atoms with van der Waals surface area (Å²) in [4.78, 5) is 15.7. The molecular formula is C15H20N4O4S. The highest BCUT2D eigenvalue weighted by atomic mass is 32.2. The molecule has 0 fully saturated rings. The first-order valence-corrected chi connectivity index (χ1v) is 8.76. The van der Waals surface area contributed by atoms with Gasteiger partial charge in [-0.3, -0.25) is 4.79 Å². The van der Waals surface area contributed by atoms with Crippen LogP contribution in [0.1, 0.15) is 42.8 Å². The van der Waals surface area contributed by atoms with Crippen LogP contribution in [0, 0.1) is 0 Å². The molecule has 0 saturated carbocycles. The number of sulfonamides is 1. The molecule has 0 unspecified atom stereocenters. The topological polar surface area (TPSA) is 114 Å². The zero-order chi connectivity index (χ0) is 18.0. The van der Waals surface area contributed by atoms with Gasteiger partial charge >= 0.3 is 0 Å². The van der Waals surface area contributed by atoms with Gasteiger partial charge in [0.05, 0.1) is 11.4 Å². The Morgan fingerprint density at radius 3 is 2.33 bits per heavy atom. The maximum absolute atomic E-state index is 12.3. The molecule has 0 radical (unpaired) electrons. The Morgan fingerprint density at radius 1 is 1.21 bits per heavy atom. The molecule has 2 rings (SSSR count). The third kappa shape index (κ3) is 4.18. The molecular weight excluding hydrogens is 332 g/mol. The average Bonchev–Trinajstić information content (AvgIpc) is 3.02. The van der Waals surface area contributed by atoms with Crippen LogP contribution >= 0.6 is 0 Å². The number of hydrogen-bond donors (Lipinski definition) is 2. The van der Waals surface area contributed by atoms with Crippen LogP contribution in [0.5, 0.6) is 0 Å². The van der Waals surface area contributed by atoms with E-state index in [0.29, 0.717) is 11.4 Å². The van der Waals surface area contributed by atoms with Gasteiger partial charge in [-0.05, 0) is 24.3 Å². The Balaban J connectivity index is 2.08. The molecule has 2 N–H and O–H groups in total. The lowest BCUT2D eigenvalue weighted by molar-refractivity contribution is 0.0963. The summed E-state index contributed by atoms with van der Waals surface area (Å²) in [6.45, 7) is 5.68. The third-order valence-corrected chi connectivity index (χ3v) is 4.62. The predicted octanol–water partition coefficient (Wildman–Crippen LogP) is 1.21. The van der Waals surface area contributed by atoms with E-state index in [4.69, 9.17) is 4.52 Å². The van der Waals surface area contributed by atoms with Crippen LogP contribution < -0.4 is 10.0 Å². The van der Waals surface area contributed by atoms with E-state index in [1.54, 1.807) is 0 Å². The molecule has 24 heavy (non-hydrogen) atoms. The fraction of sp³-hybridized carbons (Fsp3) is 0.400. The molecule has 1 aromatic carbocycles. The molecule has 0 aliphatic heterocycles. The second kappa shape index (κ2) is 6.70. The van der Waals surface area contributed by atoms with Crippen molar-refractivity contribution in [3.63, 3.8) is 0 Å². The first-order valence-electron chi connectivity index (χ1n) is 7.28. The van der Waals surface area contributed by atoms with Crippen molar-refractivity contribution in [1.29, 1.82) is 0 Å². The maximum Gasteiger partial charge on any atom is 0.251 e. The van der Waals surface area contributed by atoms with Crippen LogP contribution in [0.4, 0.5) is 0 Å². The highest BCUT2D eigenvalue weighted by molar-refractivity contribution is 7.89. The van der Waals surface area contributed by atoms with Gasteiger partial charge in [-0.2, -0.15) is 4.98 Å². The van der Waals surface area contributed by atoms with Crippen molar-refractivity contribution in [3.05, 3.63) is 41.5 Å². The summed E-state index contributed by atoms with van der Waals surface area (Å²) in [5, 5.41) is 6.30. The molecule has 9 heteroatoms. The highest BCUT2D eigenvalue weighted by Crippen LogP contribution is 2.18. The van der Waals surface area contributed by atoms with Crippen molar-refractivity contribution in [3.8, 4) is 0 Å². The van der Waals surface area contributed by atoms with Crippen LogP contribution in [0.15, 0.2) is 33.7 Å². The second-order valence-corrected chi connectivity index (χ2v) is 7.96. The summed E-state index contributed by atoms with van der Waals surface area (Å²) in [6.07, 6.45) is 0. The lowest BCUT2D eigenvalue weighted by Gasteiger charge is -2.10. The molecule has 0 saturated heterocycles. The van der Waals surface area contributed by atoms with Gasteiger partial charge in [0.2, 0.25) is 15.9 Å². The van der Waals surface area contributed by atoms with E-state index in [-0.39, 0.29) is 28.7 Å². The molecule has 0 aliphatic rings. The number of hydrogen-bond acceptors (Lipinski definition) is 6. The largest absolute Gasteiger partial charge is 0.355 e. The number of nitrogens with one attached hydrogen (secondary N) is 2. The number of carbonyl (C=O) groups excluding carboxylic acids is 1. The standard InChI is InChI=1S/C15H20N4O4S/c1-15(2,3)14-18-12(23-19-14)9-17-24(21,22)11-7-5-10(6-8-11)13(20)16-4/h5-8,17H,9H2,1-4H3,(H,16,20). The first kappa shape index (κ1) is 18.1. The Kier molecular flexibility index (Phi) is 5.05. The Labute approximate surface area is 140 Å². The number of rotatable bonds is 5. The van der Waals surface area contributed by atoms with Crippen molar-refractivity contribution in [1.82, 2.24) is 20.2 Å². The molecule has 0 bridgehead atoms. The summed E-state index contributed by atoms with van der Waals surface area (Å²) in [7, 11) is -2.24. The lowest BCUT2D eigenvalue weighted by atomic mass is 9.96. The molecule has 130 valence electrons. The van der Waals surface area contributed by atoms with Crippen LogP contribution in [0.2, 0.25) is 0 Å². The van der Waals surface area contributed by atoms with E-state index >= 15 is 0 Å². The Hall–Kier alpha value is -2.26. The molecule has 2 aromatic rings. The smallest absolute Gasteiger partial charge is 0.251 e. The average molecular weight is 352 g/mol. The fourth-order valence-corrected chi connectivity index (χ4v) is 2.78. The van der Waals surface area contributed by atoms with Crippen LogP contribution in [-0.4, -0.2) is 31.5 Å². The summed E-state index contributed by atoms with van der Waals surface area (Å²) in [6, 6.07) is 5.61. The van der Waals surface area contributed by atoms with Gasteiger partial charge in [0.15, 0.2) is 5.82 Å². The van der Waals surface area contributed by atoms with Gasteiger partial charge < -0.3 is 9.84 Å². The zero-order valence-corrected chi connectivity index (χ0v) is 14.8. The van der Waals surface area contributed by atoms with Crippen molar-refractivity contribution in [2.75, 3.05) is 7.05 Å². The minimum absolute atomic E-state index is 0.0470. The monoisotopic (exact) mass is 352 g/mol. The number of aromatic nitrogens is 2. The third-order valence-electron chi connectivity index (χ3n) is 3.21. The number of benzene rings is 1. The summed E-state index contributed by atoms with van der Waals surface area (Å²) in [5.41, 5.74) is 0.0965. The van der Waals surface area contributed by atoms with E-state index in [0.717, 1.165) is 0 Å². The number of nitrogens with zero attached hydrogens (tertiary/aromatic N) is 2. The van der Waals surface area contributed by atoms with Crippen LogP contribution in [0.25, 0.3) is 0 Å². The van der Waals surface area contributed by atoms with Crippen molar-refractivity contribution in [2.24, 2.45) is 0 Å². The number of carbonyl (C=O) groups is 1. The summed E-state index contributed by atoms with van der Waals surface area (Å²) in [5.74, 6) is 0.407. The SMILES string of the molecule is CNC(=O)c1ccc(S(=O)(=O)NCc2nc(C(C)(C)C)no2)cc1. The van der Waals surface area contributed by atoms with E-state index in [9.17, 15) is 13.2 Å². The minimum Gasteiger partial charge on any atom is -0.355 e. The Bertz CT molecular complexity index is 820. The van der Waals surface area contributed by atoms with E-state index in [2.05, 4.69) is 20.2 Å². The van der Waals surface area contributed by atoms with E-state index < -0.39 is 10.0 Å². The molecule has 1 aromatic heterocycles. The molecule has 8 nitrogen and oxygen atoms in total. The van der Waals surface area contributed by atoms with E-state index in [1.807, 2.05) is 20.8 Å². The molecule has 0 atom stereocenters. The van der Waals surface area contributed by atoms with Gasteiger partial charge in [-0.1, -0.05) is 25.9 Å². The van der Waals surface area contributed by atoms with Gasteiger partial charge in [0.25, 0.3) is 5.91 Å². The molecule has 1 heterocycles. The lowest BCUT2D eigenvalue weighted by Crippen LogP contribution is -2.24. The van der Waals surface area contributed by atoms with Crippen molar-refractivity contribution < 1.29 is 17.7 Å². The zero-order valence-electron chi connectivity index (χ0n) is 14.0. The normalized spacial score (nSPS) is 12.2. The Morgan fingerprint density at radius 2 is 1.83 bits per heavy atom. The van der Waals surface area contributed by atoms with E-state index in [1.165, 1.54) is 31.3 Å². The summed E-state index contributed by atoms with van der Waals surface area (Å²) >= 11 is 0. The number of amides is 1. The van der Waals surface area contributed by atoms with Crippen LogP contribution in [0.3, 0.4) is 0 Å². The van der Waals surface area contributed by atoms with Gasteiger partial charge in [0.1, 0.15) is 0 Å². The molecule has 0 aliphatic carbocycles. The second-order valence-electron chi connectivity index (χ2n) is 6.19. The van der Waals surface area contributed by atoms with Crippen molar-refractivity contribution >= 4 is 15.9 Å². The molecule has 1 amide bonds. The van der Waals surface area contributed by atoms with Gasteiger partial charge in [0, 0.05) is 18.0 Å². The minimum atomic E-state index is -3.74. The van der Waals surface area contributed by atoms with Gasteiger partial charge in [-0.15, -0.1) is 0 Å². The van der Waals surface area contributed by atoms with Gasteiger partial charge in [-0.25, -0.2) is 13.1 Å². The quantitative estimate of drug-likeness (QED) is 0.836.